The third kappa shape index (κ3) is 4.57. The van der Waals surface area contributed by atoms with Crippen molar-refractivity contribution in [2.45, 2.75) is 26.9 Å². The molecule has 9 nitrogen and oxygen atoms in total. The van der Waals surface area contributed by atoms with Crippen LogP contribution in [0.2, 0.25) is 0 Å². The fraction of sp³-hybridized carbons (Fsp3) is 0.238. The second-order valence-electron chi connectivity index (χ2n) is 6.71. The summed E-state index contributed by atoms with van der Waals surface area (Å²) in [5, 5.41) is 9.63. The van der Waals surface area contributed by atoms with E-state index in [0.29, 0.717) is 17.1 Å². The molecule has 9 heteroatoms. The van der Waals surface area contributed by atoms with Crippen molar-refractivity contribution < 1.29 is 23.5 Å². The molecule has 0 aliphatic carbocycles. The Bertz CT molecular complexity index is 1070. The Balaban J connectivity index is 1.58. The number of esters is 1. The number of furan rings is 1. The number of ether oxygens (including phenoxy) is 1. The zero-order chi connectivity index (χ0) is 21.8. The molecule has 156 valence electrons. The lowest BCUT2D eigenvalue weighted by Crippen LogP contribution is -2.30. The Hall–Kier alpha value is -3.88. The van der Waals surface area contributed by atoms with E-state index in [1.54, 1.807) is 42.9 Å². The number of nitrogens with one attached hydrogen (secondary N) is 2. The molecule has 0 fully saturated rings. The van der Waals surface area contributed by atoms with Gasteiger partial charge in [-0.15, -0.1) is 0 Å². The van der Waals surface area contributed by atoms with Gasteiger partial charge >= 0.3 is 5.97 Å². The third-order valence-electron chi connectivity index (χ3n) is 4.53. The Labute approximate surface area is 173 Å². The predicted octanol–water partition coefficient (Wildman–Crippen LogP) is 3.07. The standard InChI is InChI=1S/C21H22N4O5/c1-12-18(13(2)25(4)24-12)23-19(26)14(3)30-21(28)15-7-9-16(10-8-15)22-20(27)17-6-5-11-29-17/h5-11,14H,1-4H3,(H,22,27)(H,23,26)/t14-/m0/s1. The highest BCUT2D eigenvalue weighted by Gasteiger charge is 2.21. The SMILES string of the molecule is Cc1nn(C)c(C)c1NC(=O)[C@H](C)OC(=O)c1ccc(NC(=O)c2ccco2)cc1. The molecule has 1 atom stereocenters. The molecule has 2 aromatic heterocycles. The normalized spacial score (nSPS) is 11.6. The van der Waals surface area contributed by atoms with E-state index in [-0.39, 0.29) is 11.3 Å². The van der Waals surface area contributed by atoms with Crippen LogP contribution in [0.1, 0.15) is 39.2 Å². The second kappa shape index (κ2) is 8.64. The van der Waals surface area contributed by atoms with Crippen LogP contribution in [0.15, 0.2) is 47.1 Å². The van der Waals surface area contributed by atoms with Crippen molar-refractivity contribution in [3.8, 4) is 0 Å². The highest BCUT2D eigenvalue weighted by molar-refractivity contribution is 6.02. The first kappa shape index (κ1) is 20.8. The number of aryl methyl sites for hydroxylation is 2. The van der Waals surface area contributed by atoms with Crippen LogP contribution in [0, 0.1) is 13.8 Å². The first-order chi connectivity index (χ1) is 14.3. The third-order valence-corrected chi connectivity index (χ3v) is 4.53. The highest BCUT2D eigenvalue weighted by atomic mass is 16.5. The zero-order valence-electron chi connectivity index (χ0n) is 17.1. The number of aromatic nitrogens is 2. The maximum absolute atomic E-state index is 12.4. The fourth-order valence-electron chi connectivity index (χ4n) is 2.75. The lowest BCUT2D eigenvalue weighted by molar-refractivity contribution is -0.123. The van der Waals surface area contributed by atoms with Crippen LogP contribution in [0.25, 0.3) is 0 Å². The summed E-state index contributed by atoms with van der Waals surface area (Å²) in [6.45, 7) is 5.11. The lowest BCUT2D eigenvalue weighted by Gasteiger charge is -2.14. The molecule has 30 heavy (non-hydrogen) atoms. The van der Waals surface area contributed by atoms with Crippen molar-refractivity contribution in [2.24, 2.45) is 7.05 Å². The summed E-state index contributed by atoms with van der Waals surface area (Å²) in [6.07, 6.45) is 0.400. The van der Waals surface area contributed by atoms with Crippen molar-refractivity contribution in [1.29, 1.82) is 0 Å². The van der Waals surface area contributed by atoms with Crippen molar-refractivity contribution >= 4 is 29.2 Å². The van der Waals surface area contributed by atoms with Crippen LogP contribution in [0.4, 0.5) is 11.4 Å². The largest absolute Gasteiger partial charge is 0.459 e. The molecule has 0 aliphatic heterocycles. The Morgan fingerprint density at radius 2 is 1.80 bits per heavy atom. The van der Waals surface area contributed by atoms with E-state index < -0.39 is 23.9 Å². The summed E-state index contributed by atoms with van der Waals surface area (Å²) in [7, 11) is 1.78. The van der Waals surface area contributed by atoms with Crippen molar-refractivity contribution in [2.75, 3.05) is 10.6 Å². The van der Waals surface area contributed by atoms with E-state index in [9.17, 15) is 14.4 Å². The van der Waals surface area contributed by atoms with Crippen LogP contribution in [0.5, 0.6) is 0 Å². The molecule has 0 spiro atoms. The van der Waals surface area contributed by atoms with Gasteiger partial charge in [0.15, 0.2) is 11.9 Å². The topological polar surface area (TPSA) is 115 Å². The Kier molecular flexibility index (Phi) is 6.01. The number of carbonyl (C=O) groups excluding carboxylic acids is 3. The summed E-state index contributed by atoms with van der Waals surface area (Å²) in [5.41, 5.74) is 2.81. The van der Waals surface area contributed by atoms with E-state index in [2.05, 4.69) is 15.7 Å². The van der Waals surface area contributed by atoms with Crippen LogP contribution in [0.3, 0.4) is 0 Å². The van der Waals surface area contributed by atoms with E-state index >= 15 is 0 Å². The molecule has 0 bridgehead atoms. The van der Waals surface area contributed by atoms with E-state index in [0.717, 1.165) is 5.69 Å². The molecule has 0 saturated carbocycles. The van der Waals surface area contributed by atoms with Crippen LogP contribution < -0.4 is 10.6 Å². The molecule has 1 aromatic carbocycles. The summed E-state index contributed by atoms with van der Waals surface area (Å²) >= 11 is 0. The number of nitrogens with zero attached hydrogens (tertiary/aromatic N) is 2. The van der Waals surface area contributed by atoms with Crippen molar-refractivity contribution in [1.82, 2.24) is 9.78 Å². The monoisotopic (exact) mass is 410 g/mol. The van der Waals surface area contributed by atoms with Gasteiger partial charge in [-0.1, -0.05) is 0 Å². The maximum atomic E-state index is 12.4. The molecule has 2 N–H and O–H groups in total. The smallest absolute Gasteiger partial charge is 0.338 e. The van der Waals surface area contributed by atoms with Gasteiger partial charge in [0.2, 0.25) is 0 Å². The summed E-state index contributed by atoms with van der Waals surface area (Å²) in [6, 6.07) is 9.28. The van der Waals surface area contributed by atoms with Gasteiger partial charge in [0, 0.05) is 12.7 Å². The average molecular weight is 410 g/mol. The molecule has 3 rings (SSSR count). The van der Waals surface area contributed by atoms with Gasteiger partial charge in [-0.25, -0.2) is 4.79 Å². The summed E-state index contributed by atoms with van der Waals surface area (Å²) in [4.78, 5) is 36.7. The summed E-state index contributed by atoms with van der Waals surface area (Å²) in [5.74, 6) is -1.33. The van der Waals surface area contributed by atoms with Gasteiger partial charge in [0.05, 0.1) is 28.9 Å². The van der Waals surface area contributed by atoms with Gasteiger partial charge in [-0.05, 0) is 57.2 Å². The quantitative estimate of drug-likeness (QED) is 0.604. The van der Waals surface area contributed by atoms with Crippen LogP contribution in [-0.4, -0.2) is 33.7 Å². The molecule has 2 heterocycles. The zero-order valence-corrected chi connectivity index (χ0v) is 17.1. The number of carbonyl (C=O) groups is 3. The van der Waals surface area contributed by atoms with Gasteiger partial charge in [0.25, 0.3) is 11.8 Å². The molecule has 0 saturated heterocycles. The molecule has 0 radical (unpaired) electrons. The second-order valence-corrected chi connectivity index (χ2v) is 6.71. The molecular formula is C21H22N4O5. The van der Waals surface area contributed by atoms with Gasteiger partial charge in [0.1, 0.15) is 0 Å². The minimum Gasteiger partial charge on any atom is -0.459 e. The number of hydrogen-bond acceptors (Lipinski definition) is 6. The first-order valence-electron chi connectivity index (χ1n) is 9.23. The van der Waals surface area contributed by atoms with Gasteiger partial charge in [-0.3, -0.25) is 14.3 Å². The Morgan fingerprint density at radius 1 is 1.10 bits per heavy atom. The minimum absolute atomic E-state index is 0.178. The van der Waals surface area contributed by atoms with E-state index in [1.165, 1.54) is 25.3 Å². The van der Waals surface area contributed by atoms with E-state index in [1.807, 2.05) is 6.92 Å². The predicted molar refractivity (Wildman–Crippen MR) is 109 cm³/mol. The lowest BCUT2D eigenvalue weighted by atomic mass is 10.2. The minimum atomic E-state index is -1.00. The number of anilines is 2. The fourth-order valence-corrected chi connectivity index (χ4v) is 2.75. The molecule has 2 amide bonds. The number of benzene rings is 1. The van der Waals surface area contributed by atoms with Gasteiger partial charge in [-0.2, -0.15) is 5.10 Å². The first-order valence-corrected chi connectivity index (χ1v) is 9.23. The molecule has 0 unspecified atom stereocenters. The van der Waals surface area contributed by atoms with Crippen molar-refractivity contribution in [3.63, 3.8) is 0 Å². The van der Waals surface area contributed by atoms with E-state index in [4.69, 9.17) is 9.15 Å². The maximum Gasteiger partial charge on any atom is 0.338 e. The average Bonchev–Trinajstić information content (AvgIpc) is 3.33. The highest BCUT2D eigenvalue weighted by Crippen LogP contribution is 2.19. The van der Waals surface area contributed by atoms with Crippen LogP contribution >= 0.6 is 0 Å². The Morgan fingerprint density at radius 3 is 2.37 bits per heavy atom. The van der Waals surface area contributed by atoms with Crippen LogP contribution in [-0.2, 0) is 16.6 Å². The number of amides is 2. The molecule has 0 aliphatic rings. The van der Waals surface area contributed by atoms with Crippen molar-refractivity contribution in [3.05, 3.63) is 65.4 Å². The molecular weight excluding hydrogens is 388 g/mol. The number of rotatable bonds is 6. The molecule has 3 aromatic rings. The number of hydrogen-bond donors (Lipinski definition) is 2. The van der Waals surface area contributed by atoms with Gasteiger partial charge < -0.3 is 19.8 Å². The summed E-state index contributed by atoms with van der Waals surface area (Å²) < 4.78 is 11.9.